The van der Waals surface area contributed by atoms with Crippen molar-refractivity contribution in [3.05, 3.63) is 24.8 Å². The monoisotopic (exact) mass is 827 g/mol. The van der Waals surface area contributed by atoms with Crippen LogP contribution in [0.25, 0.3) is 11.2 Å². The summed E-state index contributed by atoms with van der Waals surface area (Å²) < 4.78 is 78.0. The zero-order valence-electron chi connectivity index (χ0n) is 29.9. The third kappa shape index (κ3) is 13.1. The van der Waals surface area contributed by atoms with E-state index in [0.29, 0.717) is 0 Å². The molecule has 2 aromatic heterocycles. The van der Waals surface area contributed by atoms with Gasteiger partial charge < -0.3 is 53.8 Å². The third-order valence-electron chi connectivity index (χ3n) is 6.88. The molecule has 1 aliphatic heterocycles. The molecule has 10 atom stereocenters. The highest BCUT2D eigenvalue weighted by Crippen LogP contribution is 2.61. The molecule has 3 heterocycles. The van der Waals surface area contributed by atoms with Crippen molar-refractivity contribution in [2.75, 3.05) is 26.1 Å². The Balaban J connectivity index is 1.84. The average Bonchev–Trinajstić information content (AvgIpc) is 3.48. The molecule has 0 aromatic carbocycles. The van der Waals surface area contributed by atoms with E-state index in [1.807, 2.05) is 0 Å². The van der Waals surface area contributed by atoms with Gasteiger partial charge in [0.15, 0.2) is 42.1 Å². The number of aliphatic hydroxyl groups is 1. The molecule has 0 spiro atoms. The number of carbonyl (C=O) groups excluding carboxylic acids is 5. The Hall–Kier alpha value is -4.42. The summed E-state index contributed by atoms with van der Waals surface area (Å²) in [4.78, 5) is 92.8. The van der Waals surface area contributed by atoms with Crippen molar-refractivity contribution in [2.24, 2.45) is 0 Å². The molecule has 5 N–H and O–H groups in total. The zero-order chi connectivity index (χ0) is 41.2. The summed E-state index contributed by atoms with van der Waals surface area (Å²) in [5.41, 5.74) is 6.23. The van der Waals surface area contributed by atoms with Crippen LogP contribution in [0.3, 0.4) is 0 Å². The summed E-state index contributed by atoms with van der Waals surface area (Å²) in [5.74, 6) is -5.03. The van der Waals surface area contributed by atoms with Crippen molar-refractivity contribution in [1.82, 2.24) is 19.5 Å². The van der Waals surface area contributed by atoms with Gasteiger partial charge in [-0.05, 0) is 0 Å². The van der Waals surface area contributed by atoms with E-state index in [1.54, 1.807) is 0 Å². The van der Waals surface area contributed by atoms with Crippen LogP contribution in [0.5, 0.6) is 0 Å². The SMILES string of the molecule is COC([C@@H](O)/C=C/COP(=O)(O)OP(=O)(O)OC1OC([C@@H](COC(C)=O)OC(C)=O)C(OC(C)=O)C(OC(C)=O)C1OC(C)=O)n1cnc2c(N)ncnc21. The van der Waals surface area contributed by atoms with Gasteiger partial charge >= 0.3 is 45.5 Å². The van der Waals surface area contributed by atoms with E-state index in [-0.39, 0.29) is 17.0 Å². The molecular formula is C28H39N5O20P2. The highest BCUT2D eigenvalue weighted by atomic mass is 31.3. The second-order valence-electron chi connectivity index (χ2n) is 11.2. The molecule has 1 fully saturated rings. The maximum absolute atomic E-state index is 13.1. The maximum atomic E-state index is 13.1. The van der Waals surface area contributed by atoms with Crippen LogP contribution >= 0.6 is 15.6 Å². The Labute approximate surface area is 311 Å². The molecule has 0 radical (unpaired) electrons. The quantitative estimate of drug-likeness (QED) is 0.0650. The summed E-state index contributed by atoms with van der Waals surface area (Å²) >= 11 is 0. The molecule has 0 aliphatic carbocycles. The molecule has 8 unspecified atom stereocenters. The average molecular weight is 828 g/mol. The Morgan fingerprint density at radius 1 is 0.909 bits per heavy atom. The smallest absolute Gasteiger partial charge is 0.462 e. The first-order chi connectivity index (χ1) is 25.6. The van der Waals surface area contributed by atoms with E-state index in [4.69, 9.17) is 47.9 Å². The number of aliphatic hydroxyl groups excluding tert-OH is 1. The third-order valence-corrected chi connectivity index (χ3v) is 9.48. The van der Waals surface area contributed by atoms with Gasteiger partial charge in [0.25, 0.3) is 0 Å². The molecular weight excluding hydrogens is 788 g/mol. The molecule has 1 saturated heterocycles. The number of nitrogen functional groups attached to an aromatic ring is 1. The number of hydrogen-bond acceptors (Lipinski definition) is 22. The van der Waals surface area contributed by atoms with Crippen molar-refractivity contribution in [3.63, 3.8) is 0 Å². The Morgan fingerprint density at radius 2 is 1.53 bits per heavy atom. The van der Waals surface area contributed by atoms with Crippen molar-refractivity contribution in [3.8, 4) is 0 Å². The van der Waals surface area contributed by atoms with Crippen LogP contribution in [-0.4, -0.2) is 127 Å². The van der Waals surface area contributed by atoms with Crippen molar-refractivity contribution >= 4 is 62.5 Å². The van der Waals surface area contributed by atoms with Gasteiger partial charge in [0.1, 0.15) is 30.7 Å². The lowest BCUT2D eigenvalue weighted by molar-refractivity contribution is -0.301. The molecule has 306 valence electrons. The molecule has 25 nitrogen and oxygen atoms in total. The van der Waals surface area contributed by atoms with E-state index in [2.05, 4.69) is 19.3 Å². The number of hydrogen-bond donors (Lipinski definition) is 4. The van der Waals surface area contributed by atoms with Gasteiger partial charge in [0.05, 0.1) is 12.9 Å². The van der Waals surface area contributed by atoms with Gasteiger partial charge in [-0.2, -0.15) is 4.31 Å². The van der Waals surface area contributed by atoms with Gasteiger partial charge in [-0.1, -0.05) is 12.2 Å². The summed E-state index contributed by atoms with van der Waals surface area (Å²) in [7, 11) is -10.1. The first kappa shape index (κ1) is 45.0. The Morgan fingerprint density at radius 3 is 2.11 bits per heavy atom. The lowest BCUT2D eigenvalue weighted by Crippen LogP contribution is -2.65. The van der Waals surface area contributed by atoms with E-state index >= 15 is 0 Å². The largest absolute Gasteiger partial charge is 0.483 e. The molecule has 2 aromatic rings. The summed E-state index contributed by atoms with van der Waals surface area (Å²) in [6.07, 6.45) is -9.90. The summed E-state index contributed by atoms with van der Waals surface area (Å²) in [6.45, 7) is 3.02. The first-order valence-corrected chi connectivity index (χ1v) is 18.6. The van der Waals surface area contributed by atoms with Crippen LogP contribution in [0, 0.1) is 0 Å². The topological polar surface area (TPSA) is 342 Å². The molecule has 0 amide bonds. The van der Waals surface area contributed by atoms with E-state index < -0.39 is 108 Å². The zero-order valence-corrected chi connectivity index (χ0v) is 31.7. The van der Waals surface area contributed by atoms with Gasteiger partial charge in [-0.15, -0.1) is 0 Å². The van der Waals surface area contributed by atoms with Crippen LogP contribution in [0.1, 0.15) is 40.8 Å². The minimum Gasteiger partial charge on any atom is -0.462 e. The molecule has 27 heteroatoms. The summed E-state index contributed by atoms with van der Waals surface area (Å²) in [5, 5.41) is 10.7. The minimum absolute atomic E-state index is 0.0681. The molecule has 3 rings (SSSR count). The number of ether oxygens (including phenoxy) is 7. The number of nitrogens with zero attached hydrogens (tertiary/aromatic N) is 4. The Kier molecular flexibility index (Phi) is 15.9. The number of phosphoric acid groups is 2. The van der Waals surface area contributed by atoms with Crippen LogP contribution in [0.4, 0.5) is 5.82 Å². The number of anilines is 1. The number of rotatable bonds is 18. The Bertz CT molecular complexity index is 1840. The normalized spacial score (nSPS) is 23.8. The number of phosphoric ester groups is 2. The molecule has 55 heavy (non-hydrogen) atoms. The number of aromatic nitrogens is 4. The van der Waals surface area contributed by atoms with Gasteiger partial charge in [-0.3, -0.25) is 37.6 Å². The highest BCUT2D eigenvalue weighted by molar-refractivity contribution is 7.61. The number of nitrogens with two attached hydrogens (primary N) is 1. The van der Waals surface area contributed by atoms with Crippen molar-refractivity contribution < 1.29 is 94.5 Å². The lowest BCUT2D eigenvalue weighted by Gasteiger charge is -2.45. The standard InChI is InChI=1S/C28H39N5O20P2/c1-13(34)45-10-19(47-14(2)35)21-22(48-15(3)36)23(49-16(4)37)24(50-17(5)38)28(51-21)52-55(42,43)53-54(40,41)46-9-7-8-18(39)27(44-6)33-12-32-20-25(29)30-11-31-26(20)33/h7-8,11-12,18-19,21-24,27-28,39H,9-10H2,1-6H3,(H,40,41)(H,42,43)(H2,29,30,31)/b8-7+/t18-,19+,21?,22?,23?,24?,27?,28?/m0/s1. The van der Waals surface area contributed by atoms with Crippen molar-refractivity contribution in [1.29, 1.82) is 0 Å². The predicted molar refractivity (Wildman–Crippen MR) is 176 cm³/mol. The van der Waals surface area contributed by atoms with Gasteiger partial charge in [0.2, 0.25) is 6.29 Å². The highest BCUT2D eigenvalue weighted by Gasteiger charge is 2.57. The fourth-order valence-electron chi connectivity index (χ4n) is 5.00. The number of methoxy groups -OCH3 is 1. The van der Waals surface area contributed by atoms with Crippen LogP contribution in [0.2, 0.25) is 0 Å². The number of carbonyl (C=O) groups is 5. The maximum Gasteiger partial charge on any atom is 0.483 e. The minimum atomic E-state index is -5.86. The van der Waals surface area contributed by atoms with Crippen molar-refractivity contribution in [2.45, 2.75) is 83.8 Å². The molecule has 0 saturated carbocycles. The van der Waals surface area contributed by atoms with E-state index in [9.17, 15) is 48.0 Å². The van der Waals surface area contributed by atoms with E-state index in [1.165, 1.54) is 24.3 Å². The predicted octanol–water partition coefficient (Wildman–Crippen LogP) is -0.264. The van der Waals surface area contributed by atoms with Gasteiger partial charge in [-0.25, -0.2) is 24.1 Å². The second-order valence-corrected chi connectivity index (χ2v) is 14.2. The lowest BCUT2D eigenvalue weighted by atomic mass is 9.94. The van der Waals surface area contributed by atoms with Gasteiger partial charge in [0, 0.05) is 41.7 Å². The second kappa shape index (κ2) is 19.4. The number of fused-ring (bicyclic) bond motifs is 1. The van der Waals surface area contributed by atoms with Crippen LogP contribution in [0.15, 0.2) is 24.8 Å². The van der Waals surface area contributed by atoms with E-state index in [0.717, 1.165) is 46.8 Å². The fourth-order valence-corrected chi connectivity index (χ4v) is 7.09. The number of esters is 5. The van der Waals surface area contributed by atoms with Crippen LogP contribution in [-0.2, 0) is 79.6 Å². The fraction of sp³-hybridized carbons (Fsp3) is 0.571. The first-order valence-electron chi connectivity index (χ1n) is 15.6. The summed E-state index contributed by atoms with van der Waals surface area (Å²) in [6, 6.07) is 0. The van der Waals surface area contributed by atoms with Crippen LogP contribution < -0.4 is 5.73 Å². The number of imidazole rings is 1. The molecule has 0 bridgehead atoms. The molecule has 1 aliphatic rings.